The molecule has 0 saturated carbocycles. The predicted octanol–water partition coefficient (Wildman–Crippen LogP) is 4.28. The highest BCUT2D eigenvalue weighted by Crippen LogP contribution is 2.30. The lowest BCUT2D eigenvalue weighted by molar-refractivity contribution is 1.39. The first kappa shape index (κ1) is 14.3. The third-order valence-corrected chi connectivity index (χ3v) is 4.05. The van der Waals surface area contributed by atoms with Crippen molar-refractivity contribution in [3.8, 4) is 0 Å². The molecule has 0 atom stereocenters. The topological polar surface area (TPSA) is 0 Å². The van der Waals surface area contributed by atoms with Gasteiger partial charge in [0, 0.05) is 14.2 Å². The van der Waals surface area contributed by atoms with Gasteiger partial charge in [0.1, 0.15) is 0 Å². The maximum atomic E-state index is 3.51. The second kappa shape index (κ2) is 5.41. The lowest BCUT2D eigenvalue weighted by Gasteiger charge is -1.86. The van der Waals surface area contributed by atoms with Crippen molar-refractivity contribution in [2.75, 3.05) is 0 Å². The summed E-state index contributed by atoms with van der Waals surface area (Å²) in [5.41, 5.74) is 1.39. The van der Waals surface area contributed by atoms with Crippen molar-refractivity contribution in [3.05, 3.63) is 19.8 Å². The number of halogens is 3. The summed E-state index contributed by atoms with van der Waals surface area (Å²) in [4.78, 5) is 2.80. The van der Waals surface area contributed by atoms with Gasteiger partial charge in [-0.2, -0.15) is 0 Å². The van der Waals surface area contributed by atoms with Crippen molar-refractivity contribution >= 4 is 52.1 Å². The Bertz CT molecular complexity index is 210. The fraction of sp³-hybridized carbons (Fsp3) is 0.429. The van der Waals surface area contributed by atoms with E-state index in [9.17, 15) is 0 Å². The summed E-state index contributed by atoms with van der Waals surface area (Å²) in [7, 11) is 0. The van der Waals surface area contributed by atoms with Gasteiger partial charge in [-0.1, -0.05) is 0 Å². The van der Waals surface area contributed by atoms with E-state index in [1.54, 1.807) is 0 Å². The van der Waals surface area contributed by atoms with Crippen molar-refractivity contribution in [2.45, 2.75) is 20.8 Å². The van der Waals surface area contributed by atoms with Crippen LogP contribution in [0.5, 0.6) is 0 Å². The minimum atomic E-state index is 0. The third kappa shape index (κ3) is 2.94. The molecule has 0 aliphatic carbocycles. The Balaban J connectivity index is 0. The summed E-state index contributed by atoms with van der Waals surface area (Å²) in [5, 5.41) is 0. The van der Waals surface area contributed by atoms with E-state index in [4.69, 9.17) is 0 Å². The Morgan fingerprint density at radius 1 is 1.00 bits per heavy atom. The molecule has 0 spiro atoms. The highest BCUT2D eigenvalue weighted by atomic mass is 79.9. The minimum Gasteiger partial charge on any atom is -0.147 e. The van der Waals surface area contributed by atoms with Crippen molar-refractivity contribution in [2.24, 2.45) is 0 Å². The zero-order valence-corrected chi connectivity index (χ0v) is 10.6. The maximum Gasteiger partial charge on any atom is 0.0343 e. The summed E-state index contributed by atoms with van der Waals surface area (Å²) in [5.74, 6) is 0. The van der Waals surface area contributed by atoms with Gasteiger partial charge in [0.05, 0.1) is 0 Å². The molecule has 66 valence electrons. The van der Waals surface area contributed by atoms with Crippen LogP contribution in [0.25, 0.3) is 0 Å². The lowest BCUT2D eigenvalue weighted by atomic mass is 10.3. The van der Waals surface area contributed by atoms with E-state index in [0.29, 0.717) is 0 Å². The summed E-state index contributed by atoms with van der Waals surface area (Å²) in [6.07, 6.45) is 0. The van der Waals surface area contributed by atoms with Crippen LogP contribution in [-0.4, -0.2) is 0 Å². The Hall–Kier alpha value is 0.760. The van der Waals surface area contributed by atoms with Gasteiger partial charge in [-0.05, 0) is 42.3 Å². The van der Waals surface area contributed by atoms with Crippen molar-refractivity contribution in [1.29, 1.82) is 0 Å². The molecular weight excluding hydrogens is 267 g/mol. The third-order valence-electron chi connectivity index (χ3n) is 1.47. The quantitative estimate of drug-likeness (QED) is 0.664. The Kier molecular flexibility index (Phi) is 7.03. The fourth-order valence-corrected chi connectivity index (χ4v) is 2.40. The van der Waals surface area contributed by atoms with Crippen LogP contribution in [0.15, 0.2) is 4.47 Å². The van der Waals surface area contributed by atoms with Crippen LogP contribution in [0.4, 0.5) is 0 Å². The number of aryl methyl sites for hydroxylation is 2. The van der Waals surface area contributed by atoms with Gasteiger partial charge in [-0.25, -0.2) is 0 Å². The van der Waals surface area contributed by atoms with Crippen molar-refractivity contribution < 1.29 is 0 Å². The molecule has 1 heterocycles. The molecule has 0 aliphatic heterocycles. The standard InChI is InChI=1S/C7H9BrS.2ClH/c1-4-5(2)9-6(3)7(4)8;;/h1-3H3;2*1H. The molecule has 0 N–H and O–H groups in total. The van der Waals surface area contributed by atoms with Gasteiger partial charge in [0.2, 0.25) is 0 Å². The first-order valence-corrected chi connectivity index (χ1v) is 4.46. The average Bonchev–Trinajstić information content (AvgIpc) is 1.98. The van der Waals surface area contributed by atoms with Crippen LogP contribution in [0, 0.1) is 20.8 Å². The van der Waals surface area contributed by atoms with E-state index < -0.39 is 0 Å². The summed E-state index contributed by atoms with van der Waals surface area (Å²) >= 11 is 5.36. The number of hydrogen-bond acceptors (Lipinski definition) is 1. The normalized spacial score (nSPS) is 8.36. The van der Waals surface area contributed by atoms with Gasteiger partial charge in [0.25, 0.3) is 0 Å². The molecule has 1 aromatic heterocycles. The van der Waals surface area contributed by atoms with Gasteiger partial charge in [0.15, 0.2) is 0 Å². The zero-order chi connectivity index (χ0) is 7.02. The van der Waals surface area contributed by atoms with E-state index in [-0.39, 0.29) is 24.8 Å². The smallest absolute Gasteiger partial charge is 0.0343 e. The van der Waals surface area contributed by atoms with Crippen molar-refractivity contribution in [3.63, 3.8) is 0 Å². The molecule has 1 aromatic rings. The molecule has 0 saturated heterocycles. The van der Waals surface area contributed by atoms with Crippen LogP contribution >= 0.6 is 52.1 Å². The molecule has 0 fully saturated rings. The molecule has 0 unspecified atom stereocenters. The molecule has 4 heteroatoms. The highest BCUT2D eigenvalue weighted by Gasteiger charge is 2.03. The van der Waals surface area contributed by atoms with Gasteiger partial charge in [-0.15, -0.1) is 36.2 Å². The largest absolute Gasteiger partial charge is 0.147 e. The van der Waals surface area contributed by atoms with Crippen LogP contribution in [0.2, 0.25) is 0 Å². The SMILES string of the molecule is Cc1sc(C)c(Br)c1C.Cl.Cl. The van der Waals surface area contributed by atoms with Crippen LogP contribution in [0.3, 0.4) is 0 Å². The molecular formula is C7H11BrCl2S. The first-order chi connectivity index (χ1) is 4.13. The Labute approximate surface area is 92.3 Å². The molecule has 0 aliphatic rings. The number of thiophene rings is 1. The second-order valence-electron chi connectivity index (χ2n) is 2.15. The monoisotopic (exact) mass is 276 g/mol. The fourth-order valence-electron chi connectivity index (χ4n) is 0.770. The second-order valence-corrected chi connectivity index (χ2v) is 4.38. The van der Waals surface area contributed by atoms with E-state index in [0.717, 1.165) is 0 Å². The van der Waals surface area contributed by atoms with E-state index in [1.807, 2.05) is 11.3 Å². The molecule has 0 radical (unpaired) electrons. The van der Waals surface area contributed by atoms with E-state index >= 15 is 0 Å². The zero-order valence-electron chi connectivity index (χ0n) is 6.60. The van der Waals surface area contributed by atoms with Crippen molar-refractivity contribution in [1.82, 2.24) is 0 Å². The number of hydrogen-bond donors (Lipinski definition) is 0. The molecule has 1 rings (SSSR count). The van der Waals surface area contributed by atoms with Gasteiger partial charge < -0.3 is 0 Å². The minimum absolute atomic E-state index is 0. The predicted molar refractivity (Wildman–Crippen MR) is 60.7 cm³/mol. The molecule has 11 heavy (non-hydrogen) atoms. The number of rotatable bonds is 0. The summed E-state index contributed by atoms with van der Waals surface area (Å²) in [6.45, 7) is 6.43. The van der Waals surface area contributed by atoms with Crippen LogP contribution < -0.4 is 0 Å². The van der Waals surface area contributed by atoms with Crippen LogP contribution in [-0.2, 0) is 0 Å². The van der Waals surface area contributed by atoms with Crippen LogP contribution in [0.1, 0.15) is 15.3 Å². The molecule has 0 nitrogen and oxygen atoms in total. The summed E-state index contributed by atoms with van der Waals surface area (Å²) < 4.78 is 1.28. The average molecular weight is 278 g/mol. The van der Waals surface area contributed by atoms with E-state index in [1.165, 1.54) is 19.8 Å². The van der Waals surface area contributed by atoms with Gasteiger partial charge >= 0.3 is 0 Å². The first-order valence-electron chi connectivity index (χ1n) is 2.85. The maximum absolute atomic E-state index is 3.51. The molecule has 0 amide bonds. The van der Waals surface area contributed by atoms with Gasteiger partial charge in [-0.3, -0.25) is 0 Å². The molecule has 0 bridgehead atoms. The lowest BCUT2D eigenvalue weighted by Crippen LogP contribution is -1.68. The summed E-state index contributed by atoms with van der Waals surface area (Å²) in [6, 6.07) is 0. The molecule has 0 aromatic carbocycles. The Morgan fingerprint density at radius 2 is 1.45 bits per heavy atom. The highest BCUT2D eigenvalue weighted by molar-refractivity contribution is 9.10. The van der Waals surface area contributed by atoms with E-state index in [2.05, 4.69) is 36.7 Å². The Morgan fingerprint density at radius 3 is 1.55 bits per heavy atom.